The van der Waals surface area contributed by atoms with Gasteiger partial charge in [-0.1, -0.05) is 30.3 Å². The summed E-state index contributed by atoms with van der Waals surface area (Å²) < 4.78 is 0. The summed E-state index contributed by atoms with van der Waals surface area (Å²) in [5.41, 5.74) is 0.919. The molecule has 3 heteroatoms. The lowest BCUT2D eigenvalue weighted by atomic mass is 9.78. The Bertz CT molecular complexity index is 470. The fourth-order valence-electron chi connectivity index (χ4n) is 2.02. The second kappa shape index (κ2) is 4.19. The third kappa shape index (κ3) is 1.82. The smallest absolute Gasteiger partial charge is 0.159 e. The van der Waals surface area contributed by atoms with Crippen molar-refractivity contribution in [2.45, 2.75) is 12.3 Å². The summed E-state index contributed by atoms with van der Waals surface area (Å²) in [7, 11) is 0. The highest BCUT2D eigenvalue weighted by molar-refractivity contribution is 5.92. The number of nitrogens with zero attached hydrogens (tertiary/aromatic N) is 1. The molecule has 0 fully saturated rings. The summed E-state index contributed by atoms with van der Waals surface area (Å²) in [6, 6.07) is 11.4. The molecule has 1 aromatic rings. The second-order valence-electron chi connectivity index (χ2n) is 3.86. The maximum Gasteiger partial charge on any atom is 0.159 e. The van der Waals surface area contributed by atoms with Crippen molar-refractivity contribution in [2.24, 2.45) is 5.92 Å². The monoisotopic (exact) mass is 213 g/mol. The third-order valence-corrected chi connectivity index (χ3v) is 2.82. The van der Waals surface area contributed by atoms with Crippen LogP contribution in [0.25, 0.3) is 0 Å². The Balaban J connectivity index is 2.39. The largest absolute Gasteiger partial charge is 0.511 e. The molecule has 1 aliphatic carbocycles. The van der Waals surface area contributed by atoms with Crippen molar-refractivity contribution in [3.63, 3.8) is 0 Å². The summed E-state index contributed by atoms with van der Waals surface area (Å²) >= 11 is 0. The van der Waals surface area contributed by atoms with Gasteiger partial charge in [0.1, 0.15) is 11.7 Å². The Morgan fingerprint density at radius 2 is 2.00 bits per heavy atom. The molecule has 0 saturated heterocycles. The van der Waals surface area contributed by atoms with Crippen LogP contribution in [0.4, 0.5) is 0 Å². The topological polar surface area (TPSA) is 61.1 Å². The van der Waals surface area contributed by atoms with Gasteiger partial charge in [-0.2, -0.15) is 5.26 Å². The van der Waals surface area contributed by atoms with Crippen molar-refractivity contribution in [1.82, 2.24) is 0 Å². The van der Waals surface area contributed by atoms with Crippen LogP contribution in [0.5, 0.6) is 0 Å². The number of hydrogen-bond donors (Lipinski definition) is 1. The number of hydrogen-bond acceptors (Lipinski definition) is 3. The molecule has 1 aliphatic rings. The fraction of sp³-hybridized carbons (Fsp3) is 0.231. The zero-order valence-corrected chi connectivity index (χ0v) is 8.63. The van der Waals surface area contributed by atoms with Gasteiger partial charge < -0.3 is 5.11 Å². The summed E-state index contributed by atoms with van der Waals surface area (Å²) in [6.45, 7) is 0. The number of aliphatic hydroxyl groups excluding tert-OH is 1. The normalized spacial score (nSPS) is 24.7. The Morgan fingerprint density at radius 3 is 2.62 bits per heavy atom. The molecule has 0 amide bonds. The number of rotatable bonds is 1. The maximum atomic E-state index is 11.4. The number of carbonyl (C=O) groups is 1. The van der Waals surface area contributed by atoms with Gasteiger partial charge >= 0.3 is 0 Å². The van der Waals surface area contributed by atoms with Crippen LogP contribution in [0.1, 0.15) is 17.9 Å². The average molecular weight is 213 g/mol. The molecule has 16 heavy (non-hydrogen) atoms. The van der Waals surface area contributed by atoms with Crippen LogP contribution in [0, 0.1) is 17.2 Å². The van der Waals surface area contributed by atoms with Crippen molar-refractivity contribution in [3.05, 3.63) is 47.7 Å². The molecule has 1 N–H and O–H groups in total. The first kappa shape index (κ1) is 10.4. The van der Waals surface area contributed by atoms with E-state index in [9.17, 15) is 9.90 Å². The third-order valence-electron chi connectivity index (χ3n) is 2.82. The Hall–Kier alpha value is -2.08. The lowest BCUT2D eigenvalue weighted by Gasteiger charge is -2.24. The van der Waals surface area contributed by atoms with E-state index in [0.29, 0.717) is 0 Å². The first-order valence-corrected chi connectivity index (χ1v) is 5.10. The van der Waals surface area contributed by atoms with Gasteiger partial charge in [-0.25, -0.2) is 0 Å². The van der Waals surface area contributed by atoms with Gasteiger partial charge in [-0.05, 0) is 5.56 Å². The van der Waals surface area contributed by atoms with Gasteiger partial charge in [0.15, 0.2) is 5.78 Å². The fourth-order valence-corrected chi connectivity index (χ4v) is 2.02. The maximum absolute atomic E-state index is 11.4. The van der Waals surface area contributed by atoms with E-state index in [1.807, 2.05) is 30.3 Å². The molecule has 0 spiro atoms. The summed E-state index contributed by atoms with van der Waals surface area (Å²) in [5, 5.41) is 18.6. The van der Waals surface area contributed by atoms with Crippen LogP contribution < -0.4 is 0 Å². The number of ketones is 1. The van der Waals surface area contributed by atoms with E-state index in [1.165, 1.54) is 0 Å². The van der Waals surface area contributed by atoms with Crippen LogP contribution in [-0.4, -0.2) is 10.9 Å². The van der Waals surface area contributed by atoms with Gasteiger partial charge in [-0.3, -0.25) is 4.79 Å². The number of aliphatic hydroxyl groups is 1. The van der Waals surface area contributed by atoms with E-state index in [-0.39, 0.29) is 23.9 Å². The molecular formula is C13H11NO2. The Labute approximate surface area is 93.6 Å². The molecule has 80 valence electrons. The van der Waals surface area contributed by atoms with Gasteiger partial charge in [0.05, 0.1) is 6.07 Å². The number of allylic oxidation sites excluding steroid dienone is 2. The van der Waals surface area contributed by atoms with Crippen LogP contribution in [0.2, 0.25) is 0 Å². The molecular weight excluding hydrogens is 202 g/mol. The van der Waals surface area contributed by atoms with E-state index in [4.69, 9.17) is 5.26 Å². The molecule has 1 aromatic carbocycles. The molecule has 0 aliphatic heterocycles. The van der Waals surface area contributed by atoms with Gasteiger partial charge in [-0.15, -0.1) is 0 Å². The molecule has 0 radical (unpaired) electrons. The number of carbonyl (C=O) groups excluding carboxylic acids is 1. The van der Waals surface area contributed by atoms with E-state index < -0.39 is 5.92 Å². The zero-order valence-electron chi connectivity index (χ0n) is 8.63. The summed E-state index contributed by atoms with van der Waals surface area (Å²) in [6.07, 6.45) is 1.44. The van der Waals surface area contributed by atoms with Gasteiger partial charge in [0.25, 0.3) is 0 Å². The van der Waals surface area contributed by atoms with Crippen LogP contribution in [0.3, 0.4) is 0 Å². The summed E-state index contributed by atoms with van der Waals surface area (Å²) in [4.78, 5) is 11.4. The molecule has 0 heterocycles. The predicted molar refractivity (Wildman–Crippen MR) is 58.6 cm³/mol. The molecule has 2 rings (SSSR count). The number of nitriles is 1. The minimum atomic E-state index is -0.611. The highest BCUT2D eigenvalue weighted by Crippen LogP contribution is 2.35. The standard InChI is InChI=1S/C13H11NO2/c14-8-12-11(6-10(15)7-13(12)16)9-4-2-1-3-5-9/h1-5,7,11-12,16H,6H2/t11-,12-/m0/s1. The molecule has 0 bridgehead atoms. The van der Waals surface area contributed by atoms with E-state index >= 15 is 0 Å². The van der Waals surface area contributed by atoms with Crippen molar-refractivity contribution < 1.29 is 9.90 Å². The quantitative estimate of drug-likeness (QED) is 0.778. The number of benzene rings is 1. The summed E-state index contributed by atoms with van der Waals surface area (Å²) in [5.74, 6) is -1.09. The Morgan fingerprint density at radius 1 is 1.31 bits per heavy atom. The van der Waals surface area contributed by atoms with Gasteiger partial charge in [0.2, 0.25) is 0 Å². The van der Waals surface area contributed by atoms with E-state index in [2.05, 4.69) is 6.07 Å². The molecule has 3 nitrogen and oxygen atoms in total. The van der Waals surface area contributed by atoms with Crippen LogP contribution in [0.15, 0.2) is 42.2 Å². The van der Waals surface area contributed by atoms with Crippen molar-refractivity contribution in [2.75, 3.05) is 0 Å². The highest BCUT2D eigenvalue weighted by Gasteiger charge is 2.32. The minimum absolute atomic E-state index is 0.118. The second-order valence-corrected chi connectivity index (χ2v) is 3.86. The van der Waals surface area contributed by atoms with Crippen LogP contribution in [-0.2, 0) is 4.79 Å². The molecule has 0 aromatic heterocycles. The van der Waals surface area contributed by atoms with Crippen molar-refractivity contribution in [3.8, 4) is 6.07 Å². The minimum Gasteiger partial charge on any atom is -0.511 e. The highest BCUT2D eigenvalue weighted by atomic mass is 16.3. The van der Waals surface area contributed by atoms with Crippen molar-refractivity contribution >= 4 is 5.78 Å². The molecule has 0 saturated carbocycles. The zero-order chi connectivity index (χ0) is 11.5. The first-order chi connectivity index (χ1) is 7.72. The lowest BCUT2D eigenvalue weighted by molar-refractivity contribution is -0.115. The van der Waals surface area contributed by atoms with Gasteiger partial charge in [0, 0.05) is 18.4 Å². The van der Waals surface area contributed by atoms with Crippen molar-refractivity contribution in [1.29, 1.82) is 5.26 Å². The average Bonchev–Trinajstić information content (AvgIpc) is 2.29. The molecule has 2 atom stereocenters. The molecule has 0 unspecified atom stereocenters. The van der Waals surface area contributed by atoms with E-state index in [0.717, 1.165) is 11.6 Å². The van der Waals surface area contributed by atoms with Crippen LogP contribution >= 0.6 is 0 Å². The first-order valence-electron chi connectivity index (χ1n) is 5.10. The lowest BCUT2D eigenvalue weighted by Crippen LogP contribution is -2.22. The Kier molecular flexibility index (Phi) is 2.74. The van der Waals surface area contributed by atoms with E-state index in [1.54, 1.807) is 0 Å². The predicted octanol–water partition coefficient (Wildman–Crippen LogP) is 2.32. The SMILES string of the molecule is N#C[C@@H]1C(O)=CC(=O)C[C@H]1c1ccccc1.